The first-order valence-electron chi connectivity index (χ1n) is 12.7. The minimum Gasteiger partial charge on any atom is -0.354 e. The van der Waals surface area contributed by atoms with Gasteiger partial charge in [0.15, 0.2) is 0 Å². The van der Waals surface area contributed by atoms with E-state index in [0.717, 1.165) is 26.2 Å². The lowest BCUT2D eigenvalue weighted by Crippen LogP contribution is -2.53. The number of carbonyl (C=O) groups is 2. The summed E-state index contributed by atoms with van der Waals surface area (Å²) in [6.07, 6.45) is 1.19. The molecule has 41 heavy (non-hydrogen) atoms. The van der Waals surface area contributed by atoms with Gasteiger partial charge in [-0.15, -0.1) is 0 Å². The first kappa shape index (κ1) is 33.2. The monoisotopic (exact) mass is 701 g/mol. The van der Waals surface area contributed by atoms with Crippen LogP contribution >= 0.6 is 50.7 Å². The largest absolute Gasteiger partial charge is 0.354 e. The van der Waals surface area contributed by atoms with Gasteiger partial charge in [-0.1, -0.05) is 107 Å². The maximum absolute atomic E-state index is 14.1. The summed E-state index contributed by atoms with van der Waals surface area (Å²) >= 11 is 22.0. The van der Waals surface area contributed by atoms with Gasteiger partial charge in [-0.3, -0.25) is 13.9 Å². The SMILES string of the molecule is CC(C)CNC(=O)[C@@H](Cc1ccccc1)N(Cc1ccc(Br)cc1)C(=O)CN(c1cc(Cl)c(Cl)cc1Cl)S(C)(=O)=O. The highest BCUT2D eigenvalue weighted by Gasteiger charge is 2.33. The molecular weight excluding hydrogens is 673 g/mol. The van der Waals surface area contributed by atoms with E-state index in [1.54, 1.807) is 0 Å². The van der Waals surface area contributed by atoms with Gasteiger partial charge in [0.05, 0.1) is 27.0 Å². The van der Waals surface area contributed by atoms with Gasteiger partial charge in [0, 0.05) is 24.0 Å². The summed E-state index contributed by atoms with van der Waals surface area (Å²) in [4.78, 5) is 29.2. The fourth-order valence-electron chi connectivity index (χ4n) is 4.06. The second-order valence-electron chi connectivity index (χ2n) is 9.98. The molecule has 0 saturated heterocycles. The standard InChI is InChI=1S/C29H31BrCl3N3O4S/c1-19(2)16-34-29(38)27(13-20-7-5-4-6-8-20)35(17-21-9-11-22(30)12-10-21)28(37)18-36(41(3,39)40)26-15-24(32)23(31)14-25(26)33/h4-12,14-15,19,27H,13,16-18H2,1-3H3,(H,34,38)/t27-/m1/s1. The van der Waals surface area contributed by atoms with Gasteiger partial charge >= 0.3 is 0 Å². The Balaban J connectivity index is 2.08. The summed E-state index contributed by atoms with van der Waals surface area (Å²) in [6, 6.07) is 18.4. The molecule has 0 aliphatic carbocycles. The Labute approximate surface area is 264 Å². The van der Waals surface area contributed by atoms with Crippen LogP contribution in [0.3, 0.4) is 0 Å². The molecule has 0 fully saturated rings. The zero-order valence-corrected chi connectivity index (χ0v) is 27.5. The molecule has 0 saturated carbocycles. The van der Waals surface area contributed by atoms with E-state index in [-0.39, 0.29) is 45.5 Å². The van der Waals surface area contributed by atoms with Crippen molar-refractivity contribution in [2.24, 2.45) is 5.92 Å². The highest BCUT2D eigenvalue weighted by atomic mass is 79.9. The molecule has 0 radical (unpaired) electrons. The van der Waals surface area contributed by atoms with E-state index < -0.39 is 28.5 Å². The maximum atomic E-state index is 14.1. The molecule has 0 bridgehead atoms. The molecule has 12 heteroatoms. The van der Waals surface area contributed by atoms with Crippen LogP contribution in [0.5, 0.6) is 0 Å². The quantitative estimate of drug-likeness (QED) is 0.216. The summed E-state index contributed by atoms with van der Waals surface area (Å²) < 4.78 is 27.6. The smallest absolute Gasteiger partial charge is 0.244 e. The van der Waals surface area contributed by atoms with Gasteiger partial charge in [-0.2, -0.15) is 0 Å². The van der Waals surface area contributed by atoms with Crippen molar-refractivity contribution in [1.29, 1.82) is 0 Å². The first-order valence-corrected chi connectivity index (χ1v) is 16.5. The van der Waals surface area contributed by atoms with Gasteiger partial charge in [-0.25, -0.2) is 8.42 Å². The molecule has 7 nitrogen and oxygen atoms in total. The average Bonchev–Trinajstić information content (AvgIpc) is 2.91. The topological polar surface area (TPSA) is 86.8 Å². The molecule has 0 aliphatic heterocycles. The molecule has 0 aliphatic rings. The first-order chi connectivity index (χ1) is 19.3. The predicted octanol–water partition coefficient (Wildman–Crippen LogP) is 6.59. The minimum atomic E-state index is -4.01. The van der Waals surface area contributed by atoms with Crippen LogP contribution in [0, 0.1) is 5.92 Å². The van der Waals surface area contributed by atoms with E-state index in [1.165, 1.54) is 17.0 Å². The number of nitrogens with zero attached hydrogens (tertiary/aromatic N) is 2. The number of nitrogens with one attached hydrogen (secondary N) is 1. The molecule has 0 unspecified atom stereocenters. The lowest BCUT2D eigenvalue weighted by atomic mass is 10.0. The molecule has 3 aromatic carbocycles. The number of amides is 2. The number of sulfonamides is 1. The highest BCUT2D eigenvalue weighted by Crippen LogP contribution is 2.35. The van der Waals surface area contributed by atoms with Crippen molar-refractivity contribution in [2.75, 3.05) is 23.7 Å². The number of anilines is 1. The highest BCUT2D eigenvalue weighted by molar-refractivity contribution is 9.10. The number of carbonyl (C=O) groups excluding carboxylic acids is 2. The Morgan fingerprint density at radius 2 is 1.51 bits per heavy atom. The molecule has 0 spiro atoms. The van der Waals surface area contributed by atoms with Crippen LogP contribution in [0.15, 0.2) is 71.2 Å². The normalized spacial score (nSPS) is 12.2. The summed E-state index contributed by atoms with van der Waals surface area (Å²) in [5, 5.41) is 3.17. The molecule has 3 aromatic rings. The van der Waals surface area contributed by atoms with Crippen LogP contribution in [0.1, 0.15) is 25.0 Å². The van der Waals surface area contributed by atoms with Crippen LogP contribution < -0.4 is 9.62 Å². The van der Waals surface area contributed by atoms with E-state index in [1.807, 2.05) is 68.4 Å². The van der Waals surface area contributed by atoms with Gasteiger partial charge in [0.2, 0.25) is 21.8 Å². The van der Waals surface area contributed by atoms with Crippen molar-refractivity contribution in [2.45, 2.75) is 32.9 Å². The minimum absolute atomic E-state index is 0.00405. The second-order valence-corrected chi connectivity index (χ2v) is 14.0. The fraction of sp³-hybridized carbons (Fsp3) is 0.310. The third-order valence-corrected chi connectivity index (χ3v) is 8.84. The van der Waals surface area contributed by atoms with Gasteiger partial charge in [0.25, 0.3) is 0 Å². The van der Waals surface area contributed by atoms with Gasteiger partial charge < -0.3 is 10.2 Å². The molecule has 3 rings (SSSR count). The summed E-state index contributed by atoms with van der Waals surface area (Å²) in [7, 11) is -4.01. The van der Waals surface area contributed by atoms with Gasteiger partial charge in [-0.05, 0) is 41.3 Å². The van der Waals surface area contributed by atoms with Crippen LogP contribution in [0.25, 0.3) is 0 Å². The Kier molecular flexibility index (Phi) is 11.9. The Hall–Kier alpha value is -2.30. The van der Waals surface area contributed by atoms with E-state index in [9.17, 15) is 18.0 Å². The third kappa shape index (κ3) is 9.61. The van der Waals surface area contributed by atoms with Crippen LogP contribution in [-0.4, -0.2) is 50.5 Å². The van der Waals surface area contributed by atoms with Gasteiger partial charge in [0.1, 0.15) is 12.6 Å². The van der Waals surface area contributed by atoms with Crippen molar-refractivity contribution >= 4 is 78.3 Å². The zero-order valence-electron chi connectivity index (χ0n) is 22.8. The number of halogens is 4. The van der Waals surface area contributed by atoms with E-state index in [0.29, 0.717) is 6.54 Å². The van der Waals surface area contributed by atoms with Crippen molar-refractivity contribution < 1.29 is 18.0 Å². The zero-order chi connectivity index (χ0) is 30.3. The van der Waals surface area contributed by atoms with Crippen LogP contribution in [-0.2, 0) is 32.6 Å². The number of hydrogen-bond acceptors (Lipinski definition) is 4. The molecule has 1 atom stereocenters. The van der Waals surface area contributed by atoms with E-state index >= 15 is 0 Å². The molecule has 1 N–H and O–H groups in total. The maximum Gasteiger partial charge on any atom is 0.244 e. The number of benzene rings is 3. The van der Waals surface area contributed by atoms with E-state index in [4.69, 9.17) is 34.8 Å². The Morgan fingerprint density at radius 1 is 0.902 bits per heavy atom. The van der Waals surface area contributed by atoms with Crippen LogP contribution in [0.2, 0.25) is 15.1 Å². The van der Waals surface area contributed by atoms with Crippen molar-refractivity contribution in [3.8, 4) is 0 Å². The third-order valence-electron chi connectivity index (χ3n) is 6.16. The molecule has 2 amide bonds. The second kappa shape index (κ2) is 14.7. The summed E-state index contributed by atoms with van der Waals surface area (Å²) in [6.45, 7) is 3.81. The summed E-state index contributed by atoms with van der Waals surface area (Å²) in [5.41, 5.74) is 1.61. The fourth-order valence-corrected chi connectivity index (χ4v) is 5.87. The predicted molar refractivity (Wildman–Crippen MR) is 170 cm³/mol. The Morgan fingerprint density at radius 3 is 2.10 bits per heavy atom. The summed E-state index contributed by atoms with van der Waals surface area (Å²) in [5.74, 6) is -0.753. The molecule has 220 valence electrons. The lowest BCUT2D eigenvalue weighted by Gasteiger charge is -2.34. The molecular formula is C29H31BrCl3N3O4S. The molecule has 0 heterocycles. The Bertz CT molecular complexity index is 1470. The molecule has 0 aromatic heterocycles. The van der Waals surface area contributed by atoms with Crippen LogP contribution in [0.4, 0.5) is 5.69 Å². The average molecular weight is 704 g/mol. The van der Waals surface area contributed by atoms with Crippen molar-refractivity contribution in [1.82, 2.24) is 10.2 Å². The van der Waals surface area contributed by atoms with Crippen molar-refractivity contribution in [3.63, 3.8) is 0 Å². The number of rotatable bonds is 12. The van der Waals surface area contributed by atoms with Crippen molar-refractivity contribution in [3.05, 3.63) is 97.4 Å². The number of hydrogen-bond donors (Lipinski definition) is 1. The lowest BCUT2D eigenvalue weighted by molar-refractivity contribution is -0.140. The van der Waals surface area contributed by atoms with E-state index in [2.05, 4.69) is 21.2 Å².